The molecule has 6 N–H and O–H groups in total. The molecule has 0 saturated carbocycles. The van der Waals surface area contributed by atoms with E-state index in [0.717, 1.165) is 56.2 Å². The van der Waals surface area contributed by atoms with Gasteiger partial charge in [-0.2, -0.15) is 0 Å². The molecule has 1 aliphatic rings. The van der Waals surface area contributed by atoms with Gasteiger partial charge in [-0.3, -0.25) is 14.5 Å². The minimum atomic E-state index is -1.93. The molecule has 1 unspecified atom stereocenters. The Kier molecular flexibility index (Phi) is 13.0. The lowest BCUT2D eigenvalue weighted by Gasteiger charge is -2.42. The van der Waals surface area contributed by atoms with Crippen molar-refractivity contribution in [1.29, 1.82) is 0 Å². The van der Waals surface area contributed by atoms with Gasteiger partial charge >= 0.3 is 18.1 Å². The molecule has 4 amide bonds. The zero-order chi connectivity index (χ0) is 34.8. The Bertz CT molecular complexity index is 1380. The zero-order valence-electron chi connectivity index (χ0n) is 28.4. The Balaban J connectivity index is 1.70. The first-order chi connectivity index (χ1) is 22.0. The number of alkyl carbamates (subject to hydrolysis) is 1. The van der Waals surface area contributed by atoms with Gasteiger partial charge in [0.15, 0.2) is 5.13 Å². The maximum absolute atomic E-state index is 13.1. The average Bonchev–Trinajstić information content (AvgIpc) is 3.35. The fourth-order valence-electron chi connectivity index (χ4n) is 4.69. The molecule has 3 rings (SSSR count). The number of thiazole rings is 1. The largest absolute Gasteiger partial charge is 0.412 e. The molecule has 2 heterocycles. The van der Waals surface area contributed by atoms with E-state index in [-0.39, 0.29) is 11.8 Å². The smallest absolute Gasteiger partial charge is 0.387 e. The zero-order valence-corrected chi connectivity index (χ0v) is 29.2. The molecule has 15 heteroatoms. The van der Waals surface area contributed by atoms with Crippen LogP contribution in [0.2, 0.25) is 0 Å². The number of benzene rings is 1. The first-order valence-corrected chi connectivity index (χ1v) is 16.5. The Morgan fingerprint density at radius 2 is 1.66 bits per heavy atom. The van der Waals surface area contributed by atoms with Crippen molar-refractivity contribution in [2.45, 2.75) is 79.2 Å². The number of hydrogen-bond donors (Lipinski definition) is 5. The van der Waals surface area contributed by atoms with E-state index in [1.165, 1.54) is 6.92 Å². The molecule has 14 nitrogen and oxygen atoms in total. The number of anilines is 2. The summed E-state index contributed by atoms with van der Waals surface area (Å²) in [7, 11) is 0. The summed E-state index contributed by atoms with van der Waals surface area (Å²) in [6.07, 6.45) is -0.102. The van der Waals surface area contributed by atoms with E-state index >= 15 is 0 Å². The molecule has 0 radical (unpaired) electrons. The highest BCUT2D eigenvalue weighted by Gasteiger charge is 2.50. The summed E-state index contributed by atoms with van der Waals surface area (Å²) in [6, 6.07) is 7.25. The molecule has 2 aromatic rings. The number of morpholine rings is 1. The van der Waals surface area contributed by atoms with E-state index in [1.54, 1.807) is 53.7 Å². The van der Waals surface area contributed by atoms with E-state index in [2.05, 4.69) is 31.2 Å². The Morgan fingerprint density at radius 1 is 1.00 bits per heavy atom. The van der Waals surface area contributed by atoms with E-state index < -0.39 is 29.1 Å². The predicted molar refractivity (Wildman–Crippen MR) is 180 cm³/mol. The van der Waals surface area contributed by atoms with Crippen LogP contribution >= 0.6 is 11.3 Å². The molecule has 1 saturated heterocycles. The van der Waals surface area contributed by atoms with Crippen molar-refractivity contribution in [2.75, 3.05) is 50.0 Å². The first-order valence-electron chi connectivity index (χ1n) is 15.7. The molecule has 260 valence electrons. The lowest BCUT2D eigenvalue weighted by atomic mass is 9.90. The second kappa shape index (κ2) is 16.2. The summed E-state index contributed by atoms with van der Waals surface area (Å²) in [5, 5.41) is 11.8. The first kappa shape index (κ1) is 37.5. The molecular weight excluding hydrogens is 626 g/mol. The number of amides is 4. The Labute approximate surface area is 280 Å². The number of nitrogens with one attached hydrogen (secondary N) is 4. The van der Waals surface area contributed by atoms with Crippen LogP contribution in [0.4, 0.5) is 20.4 Å². The van der Waals surface area contributed by atoms with Crippen LogP contribution in [0.3, 0.4) is 0 Å². The highest BCUT2D eigenvalue weighted by Crippen LogP contribution is 2.37. The van der Waals surface area contributed by atoms with Gasteiger partial charge in [0.05, 0.1) is 24.3 Å². The van der Waals surface area contributed by atoms with E-state index in [9.17, 15) is 19.2 Å². The van der Waals surface area contributed by atoms with Crippen molar-refractivity contribution in [1.82, 2.24) is 20.5 Å². The monoisotopic (exact) mass is 675 g/mol. The maximum atomic E-state index is 13.1. The second-order valence-corrected chi connectivity index (χ2v) is 14.4. The lowest BCUT2D eigenvalue weighted by Crippen LogP contribution is -2.59. The van der Waals surface area contributed by atoms with Gasteiger partial charge < -0.3 is 41.2 Å². The third kappa shape index (κ3) is 12.0. The van der Waals surface area contributed by atoms with Crippen LogP contribution in [0.15, 0.2) is 24.3 Å². The Hall–Kier alpha value is -3.95. The highest BCUT2D eigenvalue weighted by molar-refractivity contribution is 7.17. The van der Waals surface area contributed by atoms with Crippen molar-refractivity contribution < 1.29 is 33.4 Å². The van der Waals surface area contributed by atoms with Gasteiger partial charge in [0, 0.05) is 37.8 Å². The number of primary amides is 1. The quantitative estimate of drug-likeness (QED) is 0.153. The topological polar surface area (TPSA) is 186 Å². The van der Waals surface area contributed by atoms with Gasteiger partial charge in [0.25, 0.3) is 5.91 Å². The fraction of sp³-hybridized carbons (Fsp3) is 0.594. The van der Waals surface area contributed by atoms with Crippen LogP contribution in [-0.2, 0) is 31.8 Å². The van der Waals surface area contributed by atoms with Crippen LogP contribution < -0.4 is 27.0 Å². The maximum Gasteiger partial charge on any atom is 0.412 e. The summed E-state index contributed by atoms with van der Waals surface area (Å²) < 4.78 is 16.5. The summed E-state index contributed by atoms with van der Waals surface area (Å²) in [5.74, 6) is -2.42. The van der Waals surface area contributed by atoms with Crippen molar-refractivity contribution in [3.05, 3.63) is 40.4 Å². The van der Waals surface area contributed by atoms with Crippen molar-refractivity contribution in [3.63, 3.8) is 0 Å². The normalized spacial score (nSPS) is 15.2. The highest BCUT2D eigenvalue weighted by atomic mass is 32.1. The minimum Gasteiger partial charge on any atom is -0.387 e. The molecular formula is C32H49N7O7S. The van der Waals surface area contributed by atoms with E-state index in [4.69, 9.17) is 19.9 Å². The summed E-state index contributed by atoms with van der Waals surface area (Å²) >= 11 is 1.15. The lowest BCUT2D eigenvalue weighted by molar-refractivity contribution is -0.202. The number of rotatable bonds is 13. The van der Waals surface area contributed by atoms with Crippen LogP contribution in [0.1, 0.15) is 75.8 Å². The molecule has 0 bridgehead atoms. The predicted octanol–water partition coefficient (Wildman–Crippen LogP) is 4.07. The summed E-state index contributed by atoms with van der Waals surface area (Å²) in [6.45, 7) is 16.6. The molecule has 1 fully saturated rings. The number of nitrogens with zero attached hydrogens (tertiary/aromatic N) is 2. The Morgan fingerprint density at radius 3 is 2.23 bits per heavy atom. The van der Waals surface area contributed by atoms with Crippen LogP contribution in [0, 0.1) is 5.41 Å². The second-order valence-electron chi connectivity index (χ2n) is 13.4. The number of aryl methyl sites for hydroxylation is 2. The van der Waals surface area contributed by atoms with Crippen LogP contribution in [0.25, 0.3) is 0 Å². The molecule has 47 heavy (non-hydrogen) atoms. The standard InChI is InChI=1S/C32H49N7O7S/c1-21(40)35-28-36-24(25(47-28)26(41)34-15-8-16-39-17-19-44-20-18-39)14-11-22-9-12-23(13-10-22)37-32(30(2,3)4,45-27(33)42)46-29(43)38-31(5,6)7/h9-10,12-13,37H,8,11,14-20H2,1-7H3,(H2,33,42)(H,34,41)(H,38,43)(H,35,36,40). The average molecular weight is 676 g/mol. The number of ether oxygens (including phenoxy) is 3. The van der Waals surface area contributed by atoms with Crippen LogP contribution in [0.5, 0.6) is 0 Å². The molecule has 1 aromatic heterocycles. The SMILES string of the molecule is CC(=O)Nc1nc(CCc2ccc(NC(OC(N)=O)(OC(=O)NC(C)(C)C)C(C)(C)C)cc2)c(C(=O)NCCCN2CCOCC2)s1. The molecule has 0 aliphatic carbocycles. The van der Waals surface area contributed by atoms with Crippen LogP contribution in [-0.4, -0.2) is 84.7 Å². The molecule has 1 atom stereocenters. The van der Waals surface area contributed by atoms with E-state index in [0.29, 0.717) is 40.8 Å². The van der Waals surface area contributed by atoms with Gasteiger partial charge in [-0.05, 0) is 64.3 Å². The van der Waals surface area contributed by atoms with Gasteiger partial charge in [0.1, 0.15) is 4.88 Å². The molecule has 1 aliphatic heterocycles. The third-order valence-corrected chi connectivity index (χ3v) is 8.10. The summed E-state index contributed by atoms with van der Waals surface area (Å²) in [5.41, 5.74) is 5.90. The van der Waals surface area contributed by atoms with Gasteiger partial charge in [0.2, 0.25) is 5.91 Å². The number of carbonyl (C=O) groups excluding carboxylic acids is 4. The molecule has 1 aromatic carbocycles. The van der Waals surface area contributed by atoms with Crippen molar-refractivity contribution in [2.24, 2.45) is 11.1 Å². The van der Waals surface area contributed by atoms with Crippen molar-refractivity contribution >= 4 is 46.2 Å². The van der Waals surface area contributed by atoms with E-state index in [1.807, 2.05) is 12.1 Å². The number of aromatic nitrogens is 1. The third-order valence-electron chi connectivity index (χ3n) is 7.09. The molecule has 0 spiro atoms. The number of nitrogens with two attached hydrogens (primary N) is 1. The number of carbonyl (C=O) groups is 4. The number of hydrogen-bond acceptors (Lipinski definition) is 11. The van der Waals surface area contributed by atoms with Crippen molar-refractivity contribution in [3.8, 4) is 0 Å². The van der Waals surface area contributed by atoms with Gasteiger partial charge in [-0.15, -0.1) is 0 Å². The summed E-state index contributed by atoms with van der Waals surface area (Å²) in [4.78, 5) is 56.9. The minimum absolute atomic E-state index is 0.223. The van der Waals surface area contributed by atoms with Gasteiger partial charge in [-0.1, -0.05) is 44.2 Å². The van der Waals surface area contributed by atoms with Gasteiger partial charge in [-0.25, -0.2) is 14.6 Å². The fourth-order valence-corrected chi connectivity index (χ4v) is 5.66.